The second-order valence-corrected chi connectivity index (χ2v) is 9.52. The van der Waals surface area contributed by atoms with Gasteiger partial charge in [0.25, 0.3) is 0 Å². The number of hydrogen-bond donors (Lipinski definition) is 1. The molecule has 1 aliphatic heterocycles. The number of anilines is 1. The predicted octanol–water partition coefficient (Wildman–Crippen LogP) is 3.85. The minimum atomic E-state index is 0.166. The minimum absolute atomic E-state index is 0.166. The van der Waals surface area contributed by atoms with Crippen molar-refractivity contribution in [2.75, 3.05) is 23.5 Å². The van der Waals surface area contributed by atoms with E-state index in [1.54, 1.807) is 0 Å². The molecular weight excluding hydrogens is 298 g/mol. The highest BCUT2D eigenvalue weighted by atomic mass is 32.2. The number of hydrogen-bond acceptors (Lipinski definition) is 5. The molecule has 0 aromatic carbocycles. The summed E-state index contributed by atoms with van der Waals surface area (Å²) in [6, 6.07) is 0.677. The maximum atomic E-state index is 5.01. The van der Waals surface area contributed by atoms with Crippen molar-refractivity contribution in [3.05, 3.63) is 10.6 Å². The Morgan fingerprint density at radius 3 is 2.62 bits per heavy atom. The van der Waals surface area contributed by atoms with Gasteiger partial charge in [0.05, 0.1) is 5.69 Å². The molecule has 2 heterocycles. The molecule has 3 nitrogen and oxygen atoms in total. The molecule has 0 spiro atoms. The van der Waals surface area contributed by atoms with Crippen LogP contribution in [0.15, 0.2) is 0 Å². The van der Waals surface area contributed by atoms with Gasteiger partial charge in [-0.25, -0.2) is 4.98 Å². The van der Waals surface area contributed by atoms with Crippen LogP contribution in [0.5, 0.6) is 0 Å². The van der Waals surface area contributed by atoms with Gasteiger partial charge in [-0.05, 0) is 45.8 Å². The number of thiazole rings is 1. The maximum absolute atomic E-state index is 5.01. The second kappa shape index (κ2) is 6.09. The van der Waals surface area contributed by atoms with Gasteiger partial charge in [-0.2, -0.15) is 11.8 Å². The molecule has 1 aromatic rings. The lowest BCUT2D eigenvalue weighted by molar-refractivity contribution is 0.425. The van der Waals surface area contributed by atoms with Gasteiger partial charge < -0.3 is 10.2 Å². The first kappa shape index (κ1) is 15.6. The lowest BCUT2D eigenvalue weighted by Gasteiger charge is -2.22. The van der Waals surface area contributed by atoms with Gasteiger partial charge in [0.1, 0.15) is 0 Å². The Balaban J connectivity index is 1.75. The zero-order chi connectivity index (χ0) is 15.0. The van der Waals surface area contributed by atoms with E-state index in [-0.39, 0.29) is 5.54 Å². The number of thioether (sulfide) groups is 1. The minimum Gasteiger partial charge on any atom is -0.347 e. The molecule has 1 saturated heterocycles. The summed E-state index contributed by atoms with van der Waals surface area (Å²) in [5, 5.41) is 4.86. The first-order valence-electron chi connectivity index (χ1n) is 7.99. The predicted molar refractivity (Wildman–Crippen MR) is 94.8 cm³/mol. The zero-order valence-corrected chi connectivity index (χ0v) is 15.2. The van der Waals surface area contributed by atoms with Crippen molar-refractivity contribution in [1.29, 1.82) is 0 Å². The molecule has 21 heavy (non-hydrogen) atoms. The Morgan fingerprint density at radius 2 is 2.05 bits per heavy atom. The van der Waals surface area contributed by atoms with Crippen LogP contribution in [0.1, 0.15) is 56.5 Å². The Kier molecular flexibility index (Phi) is 4.53. The van der Waals surface area contributed by atoms with Crippen LogP contribution in [0, 0.1) is 0 Å². The SMILES string of the molecule is CN(c1nc(C2CC2)c(CNC(C)(C)C)s1)C1CCSC1. The average molecular weight is 326 g/mol. The first-order valence-corrected chi connectivity index (χ1v) is 9.96. The largest absolute Gasteiger partial charge is 0.347 e. The Bertz CT molecular complexity index is 482. The second-order valence-electron chi connectivity index (χ2n) is 7.31. The van der Waals surface area contributed by atoms with Gasteiger partial charge in [0, 0.05) is 41.7 Å². The highest BCUT2D eigenvalue weighted by Crippen LogP contribution is 2.44. The number of nitrogens with one attached hydrogen (secondary N) is 1. The molecule has 0 bridgehead atoms. The van der Waals surface area contributed by atoms with Crippen LogP contribution in [-0.2, 0) is 6.54 Å². The molecule has 1 aliphatic carbocycles. The Labute approximate surface area is 136 Å². The van der Waals surface area contributed by atoms with E-state index in [9.17, 15) is 0 Å². The molecule has 118 valence electrons. The van der Waals surface area contributed by atoms with E-state index in [4.69, 9.17) is 4.98 Å². The third kappa shape index (κ3) is 3.93. The normalized spacial score (nSPS) is 22.8. The molecule has 0 radical (unpaired) electrons. The molecule has 3 rings (SSSR count). The molecular formula is C16H27N3S2. The van der Waals surface area contributed by atoms with Gasteiger partial charge in [-0.3, -0.25) is 0 Å². The van der Waals surface area contributed by atoms with E-state index in [2.05, 4.69) is 49.8 Å². The van der Waals surface area contributed by atoms with Crippen molar-refractivity contribution < 1.29 is 0 Å². The molecule has 1 atom stereocenters. The number of rotatable bonds is 5. The zero-order valence-electron chi connectivity index (χ0n) is 13.6. The summed E-state index contributed by atoms with van der Waals surface area (Å²) < 4.78 is 0. The van der Waals surface area contributed by atoms with Gasteiger partial charge in [0.2, 0.25) is 0 Å². The third-order valence-electron chi connectivity index (χ3n) is 4.21. The lowest BCUT2D eigenvalue weighted by atomic mass is 10.1. The molecule has 1 unspecified atom stereocenters. The summed E-state index contributed by atoms with van der Waals surface area (Å²) in [4.78, 5) is 8.90. The average Bonchev–Trinajstić information content (AvgIpc) is 2.97. The summed E-state index contributed by atoms with van der Waals surface area (Å²) in [6.07, 6.45) is 3.96. The van der Waals surface area contributed by atoms with E-state index >= 15 is 0 Å². The van der Waals surface area contributed by atoms with E-state index in [1.807, 2.05) is 11.3 Å². The van der Waals surface area contributed by atoms with E-state index < -0.39 is 0 Å². The molecule has 0 amide bonds. The third-order valence-corrected chi connectivity index (χ3v) is 6.52. The van der Waals surface area contributed by atoms with Crippen LogP contribution < -0.4 is 10.2 Å². The van der Waals surface area contributed by atoms with Crippen molar-refractivity contribution in [2.45, 2.75) is 64.1 Å². The van der Waals surface area contributed by atoms with Crippen LogP contribution in [0.4, 0.5) is 5.13 Å². The van der Waals surface area contributed by atoms with Crippen LogP contribution in [0.2, 0.25) is 0 Å². The standard InChI is InChI=1S/C16H27N3S2/c1-16(2,3)17-9-13-14(11-5-6-11)18-15(21-13)19(4)12-7-8-20-10-12/h11-12,17H,5-10H2,1-4H3. The van der Waals surface area contributed by atoms with Gasteiger partial charge in [0.15, 0.2) is 5.13 Å². The highest BCUT2D eigenvalue weighted by Gasteiger charge is 2.31. The monoisotopic (exact) mass is 325 g/mol. The number of nitrogens with zero attached hydrogens (tertiary/aromatic N) is 2. The van der Waals surface area contributed by atoms with Crippen LogP contribution in [-0.4, -0.2) is 35.1 Å². The van der Waals surface area contributed by atoms with Gasteiger partial charge in [-0.15, -0.1) is 11.3 Å². The van der Waals surface area contributed by atoms with Gasteiger partial charge >= 0.3 is 0 Å². The summed E-state index contributed by atoms with van der Waals surface area (Å²) in [7, 11) is 2.23. The van der Waals surface area contributed by atoms with Crippen LogP contribution in [0.25, 0.3) is 0 Å². The van der Waals surface area contributed by atoms with Crippen molar-refractivity contribution in [2.24, 2.45) is 0 Å². The van der Waals surface area contributed by atoms with Crippen LogP contribution >= 0.6 is 23.1 Å². The summed E-state index contributed by atoms with van der Waals surface area (Å²) >= 11 is 3.98. The summed E-state index contributed by atoms with van der Waals surface area (Å²) in [5.41, 5.74) is 1.54. The lowest BCUT2D eigenvalue weighted by Crippen LogP contribution is -2.35. The highest BCUT2D eigenvalue weighted by molar-refractivity contribution is 7.99. The molecule has 1 saturated carbocycles. The maximum Gasteiger partial charge on any atom is 0.185 e. The fourth-order valence-corrected chi connectivity index (χ4v) is 5.02. The Hall–Kier alpha value is -0.260. The van der Waals surface area contributed by atoms with Gasteiger partial charge in [-0.1, -0.05) is 0 Å². The quantitative estimate of drug-likeness (QED) is 0.890. The summed E-state index contributed by atoms with van der Waals surface area (Å²) in [5.74, 6) is 3.29. The van der Waals surface area contributed by atoms with Crippen molar-refractivity contribution in [3.8, 4) is 0 Å². The molecule has 5 heteroatoms. The fraction of sp³-hybridized carbons (Fsp3) is 0.812. The molecule has 1 N–H and O–H groups in total. The molecule has 2 aliphatic rings. The van der Waals surface area contributed by atoms with Crippen molar-refractivity contribution in [3.63, 3.8) is 0 Å². The topological polar surface area (TPSA) is 28.2 Å². The number of aromatic nitrogens is 1. The van der Waals surface area contributed by atoms with E-state index in [0.717, 1.165) is 12.5 Å². The fourth-order valence-electron chi connectivity index (χ4n) is 2.63. The molecule has 2 fully saturated rings. The Morgan fingerprint density at radius 1 is 1.29 bits per heavy atom. The smallest absolute Gasteiger partial charge is 0.185 e. The van der Waals surface area contributed by atoms with Crippen molar-refractivity contribution >= 4 is 28.2 Å². The first-order chi connectivity index (χ1) is 9.94. The summed E-state index contributed by atoms with van der Waals surface area (Å²) in [6.45, 7) is 7.65. The van der Waals surface area contributed by atoms with Crippen molar-refractivity contribution in [1.82, 2.24) is 10.3 Å². The van der Waals surface area contributed by atoms with E-state index in [1.165, 1.54) is 46.5 Å². The van der Waals surface area contributed by atoms with Crippen LogP contribution in [0.3, 0.4) is 0 Å². The molecule has 1 aromatic heterocycles. The van der Waals surface area contributed by atoms with E-state index in [0.29, 0.717) is 6.04 Å².